The molecule has 1 atom stereocenters. The molecule has 3 rings (SSSR count). The smallest absolute Gasteiger partial charge is 0.224 e. The molecule has 23 heavy (non-hydrogen) atoms. The van der Waals surface area contributed by atoms with Crippen LogP contribution in [0.15, 0.2) is 18.3 Å². The Bertz CT molecular complexity index is 531. The van der Waals surface area contributed by atoms with Crippen LogP contribution < -0.4 is 5.32 Å². The van der Waals surface area contributed by atoms with E-state index in [-0.39, 0.29) is 11.9 Å². The van der Waals surface area contributed by atoms with Gasteiger partial charge in [-0.15, -0.1) is 0 Å². The van der Waals surface area contributed by atoms with Crippen LogP contribution in [0.25, 0.3) is 0 Å². The van der Waals surface area contributed by atoms with Gasteiger partial charge in [0.1, 0.15) is 5.82 Å². The Hall–Kier alpha value is -1.66. The molecule has 0 aromatic carbocycles. The van der Waals surface area contributed by atoms with Crippen molar-refractivity contribution in [1.29, 1.82) is 0 Å². The van der Waals surface area contributed by atoms with Crippen LogP contribution in [-0.4, -0.2) is 67.1 Å². The van der Waals surface area contributed by atoms with Crippen LogP contribution in [0.5, 0.6) is 0 Å². The van der Waals surface area contributed by atoms with E-state index in [9.17, 15) is 4.79 Å². The van der Waals surface area contributed by atoms with Crippen LogP contribution in [-0.2, 0) is 9.53 Å². The van der Waals surface area contributed by atoms with Gasteiger partial charge in [0, 0.05) is 45.8 Å². The van der Waals surface area contributed by atoms with Gasteiger partial charge in [-0.2, -0.15) is 0 Å². The van der Waals surface area contributed by atoms with Gasteiger partial charge in [0.05, 0.1) is 19.3 Å². The van der Waals surface area contributed by atoms with Crippen molar-refractivity contribution in [3.05, 3.63) is 23.9 Å². The molecule has 1 N–H and O–H groups in total. The van der Waals surface area contributed by atoms with Crippen molar-refractivity contribution >= 4 is 11.7 Å². The minimum absolute atomic E-state index is 0.197. The summed E-state index contributed by atoms with van der Waals surface area (Å²) in [4.78, 5) is 21.3. The normalized spacial score (nSPS) is 22.3. The summed E-state index contributed by atoms with van der Waals surface area (Å²) in [6, 6.07) is 4.28. The lowest BCUT2D eigenvalue weighted by molar-refractivity contribution is -0.132. The maximum absolute atomic E-state index is 12.7. The Kier molecular flexibility index (Phi) is 5.46. The Balaban J connectivity index is 1.60. The average molecular weight is 318 g/mol. The van der Waals surface area contributed by atoms with E-state index >= 15 is 0 Å². The standard InChI is InChI=1S/C17H26N4O2/c1-18-16-13-14(4-6-19-16)15-3-2-7-21(15)17(22)5-8-20-9-11-23-12-10-20/h4,6,13,15H,2-3,5,7-12H2,1H3,(H,18,19)/t15-/m0/s1. The quantitative estimate of drug-likeness (QED) is 0.892. The molecule has 0 radical (unpaired) electrons. The van der Waals surface area contributed by atoms with Crippen LogP contribution in [0, 0.1) is 0 Å². The van der Waals surface area contributed by atoms with Gasteiger partial charge in [-0.3, -0.25) is 9.69 Å². The molecular weight excluding hydrogens is 292 g/mol. The first kappa shape index (κ1) is 16.2. The fraction of sp³-hybridized carbons (Fsp3) is 0.647. The minimum atomic E-state index is 0.197. The molecule has 3 heterocycles. The second-order valence-electron chi connectivity index (χ2n) is 6.17. The summed E-state index contributed by atoms with van der Waals surface area (Å²) in [6.45, 7) is 5.14. The monoisotopic (exact) mass is 318 g/mol. The summed E-state index contributed by atoms with van der Waals surface area (Å²) in [5.41, 5.74) is 1.18. The van der Waals surface area contributed by atoms with Crippen molar-refractivity contribution in [3.8, 4) is 0 Å². The maximum atomic E-state index is 12.7. The van der Waals surface area contributed by atoms with E-state index in [1.165, 1.54) is 5.56 Å². The van der Waals surface area contributed by atoms with E-state index in [0.717, 1.165) is 58.1 Å². The molecule has 1 aromatic rings. The highest BCUT2D eigenvalue weighted by Crippen LogP contribution is 2.33. The molecule has 0 saturated carbocycles. The highest BCUT2D eigenvalue weighted by atomic mass is 16.5. The lowest BCUT2D eigenvalue weighted by Crippen LogP contribution is -2.39. The SMILES string of the molecule is CNc1cc([C@@H]2CCCN2C(=O)CCN2CCOCC2)ccn1. The van der Waals surface area contributed by atoms with Crippen LogP contribution in [0.2, 0.25) is 0 Å². The van der Waals surface area contributed by atoms with E-state index in [1.807, 2.05) is 19.3 Å². The second-order valence-corrected chi connectivity index (χ2v) is 6.17. The summed E-state index contributed by atoms with van der Waals surface area (Å²) in [5.74, 6) is 1.12. The number of carbonyl (C=O) groups excluding carboxylic acids is 1. The van der Waals surface area contributed by atoms with Crippen molar-refractivity contribution in [2.24, 2.45) is 0 Å². The van der Waals surface area contributed by atoms with Crippen molar-refractivity contribution in [3.63, 3.8) is 0 Å². The molecule has 2 saturated heterocycles. The van der Waals surface area contributed by atoms with Gasteiger partial charge in [0.2, 0.25) is 5.91 Å². The Morgan fingerprint density at radius 3 is 3.00 bits per heavy atom. The van der Waals surface area contributed by atoms with Crippen molar-refractivity contribution in [2.75, 3.05) is 51.8 Å². The van der Waals surface area contributed by atoms with E-state index in [1.54, 1.807) is 0 Å². The average Bonchev–Trinajstić information content (AvgIpc) is 3.10. The Labute approximate surface area is 137 Å². The Morgan fingerprint density at radius 2 is 2.22 bits per heavy atom. The number of nitrogens with zero attached hydrogens (tertiary/aromatic N) is 3. The summed E-state index contributed by atoms with van der Waals surface area (Å²) in [5, 5.41) is 3.07. The van der Waals surface area contributed by atoms with E-state index in [2.05, 4.69) is 26.2 Å². The predicted molar refractivity (Wildman–Crippen MR) is 89.3 cm³/mol. The highest BCUT2D eigenvalue weighted by Gasteiger charge is 2.30. The fourth-order valence-electron chi connectivity index (χ4n) is 3.42. The number of likely N-dealkylation sites (tertiary alicyclic amines) is 1. The molecule has 2 fully saturated rings. The molecule has 126 valence electrons. The molecule has 0 unspecified atom stereocenters. The largest absolute Gasteiger partial charge is 0.379 e. The van der Waals surface area contributed by atoms with Crippen LogP contribution in [0.4, 0.5) is 5.82 Å². The zero-order valence-corrected chi connectivity index (χ0v) is 13.8. The number of nitrogens with one attached hydrogen (secondary N) is 1. The van der Waals surface area contributed by atoms with Crippen molar-refractivity contribution in [1.82, 2.24) is 14.8 Å². The van der Waals surface area contributed by atoms with E-state index in [4.69, 9.17) is 4.74 Å². The number of amides is 1. The van der Waals surface area contributed by atoms with Crippen LogP contribution >= 0.6 is 0 Å². The molecule has 2 aliphatic rings. The third-order valence-corrected chi connectivity index (χ3v) is 4.74. The Morgan fingerprint density at radius 1 is 1.39 bits per heavy atom. The molecule has 1 amide bonds. The number of carbonyl (C=O) groups is 1. The molecule has 1 aromatic heterocycles. The third-order valence-electron chi connectivity index (χ3n) is 4.74. The van der Waals surface area contributed by atoms with Crippen molar-refractivity contribution in [2.45, 2.75) is 25.3 Å². The number of hydrogen-bond acceptors (Lipinski definition) is 5. The van der Waals surface area contributed by atoms with E-state index < -0.39 is 0 Å². The van der Waals surface area contributed by atoms with Gasteiger partial charge >= 0.3 is 0 Å². The molecule has 0 aliphatic carbocycles. The van der Waals surface area contributed by atoms with Gasteiger partial charge in [-0.1, -0.05) is 0 Å². The number of morpholine rings is 1. The number of pyridine rings is 1. The summed E-state index contributed by atoms with van der Waals surface area (Å²) in [6.07, 6.45) is 4.53. The highest BCUT2D eigenvalue weighted by molar-refractivity contribution is 5.77. The summed E-state index contributed by atoms with van der Waals surface area (Å²) >= 11 is 0. The first-order valence-electron chi connectivity index (χ1n) is 8.51. The molecule has 6 nitrogen and oxygen atoms in total. The maximum Gasteiger partial charge on any atom is 0.224 e. The number of hydrogen-bond donors (Lipinski definition) is 1. The number of aromatic nitrogens is 1. The molecule has 0 spiro atoms. The van der Waals surface area contributed by atoms with Gasteiger partial charge in [0.25, 0.3) is 0 Å². The molecular formula is C17H26N4O2. The second kappa shape index (κ2) is 7.75. The number of ether oxygens (including phenoxy) is 1. The first-order chi connectivity index (χ1) is 11.3. The van der Waals surface area contributed by atoms with Gasteiger partial charge in [-0.25, -0.2) is 4.98 Å². The summed E-state index contributed by atoms with van der Waals surface area (Å²) < 4.78 is 5.35. The van der Waals surface area contributed by atoms with E-state index in [0.29, 0.717) is 6.42 Å². The van der Waals surface area contributed by atoms with Crippen LogP contribution in [0.3, 0.4) is 0 Å². The molecule has 6 heteroatoms. The number of anilines is 1. The number of rotatable bonds is 5. The predicted octanol–water partition coefficient (Wildman–Crippen LogP) is 1.51. The topological polar surface area (TPSA) is 57.7 Å². The van der Waals surface area contributed by atoms with Crippen molar-refractivity contribution < 1.29 is 9.53 Å². The lowest BCUT2D eigenvalue weighted by Gasteiger charge is -2.29. The fourth-order valence-corrected chi connectivity index (χ4v) is 3.42. The van der Waals surface area contributed by atoms with Crippen LogP contribution in [0.1, 0.15) is 30.9 Å². The van der Waals surface area contributed by atoms with Gasteiger partial charge in [-0.05, 0) is 30.5 Å². The first-order valence-corrected chi connectivity index (χ1v) is 8.51. The minimum Gasteiger partial charge on any atom is -0.379 e. The van der Waals surface area contributed by atoms with Gasteiger partial charge < -0.3 is 15.0 Å². The zero-order valence-electron chi connectivity index (χ0n) is 13.8. The lowest BCUT2D eigenvalue weighted by atomic mass is 10.1. The summed E-state index contributed by atoms with van der Waals surface area (Å²) in [7, 11) is 1.87. The molecule has 2 aliphatic heterocycles. The zero-order chi connectivity index (χ0) is 16.1. The van der Waals surface area contributed by atoms with Gasteiger partial charge in [0.15, 0.2) is 0 Å². The molecule has 0 bridgehead atoms. The third kappa shape index (κ3) is 4.00.